The summed E-state index contributed by atoms with van der Waals surface area (Å²) >= 11 is 0. The van der Waals surface area contributed by atoms with Crippen LogP contribution in [0.15, 0.2) is 48.5 Å². The number of benzene rings is 2. The van der Waals surface area contributed by atoms with E-state index < -0.39 is 12.0 Å². The molecule has 146 valence electrons. The molecule has 2 atom stereocenters. The molecule has 2 heterocycles. The van der Waals surface area contributed by atoms with Gasteiger partial charge >= 0.3 is 11.9 Å². The lowest BCUT2D eigenvalue weighted by Crippen LogP contribution is -2.45. The Morgan fingerprint density at radius 1 is 1.17 bits per heavy atom. The Bertz CT molecular complexity index is 1110. The van der Waals surface area contributed by atoms with Crippen molar-refractivity contribution in [3.63, 3.8) is 0 Å². The molecular weight excluding hydrogens is 368 g/mol. The highest BCUT2D eigenvalue weighted by atomic mass is 16.5. The minimum atomic E-state index is -0.468. The second-order valence-corrected chi connectivity index (χ2v) is 6.84. The predicted molar refractivity (Wildman–Crippen MR) is 108 cm³/mol. The zero-order valence-corrected chi connectivity index (χ0v) is 15.9. The first-order valence-corrected chi connectivity index (χ1v) is 9.26. The van der Waals surface area contributed by atoms with Crippen molar-refractivity contribution in [2.45, 2.75) is 18.5 Å². The minimum absolute atomic E-state index is 0.0655. The van der Waals surface area contributed by atoms with Crippen LogP contribution in [-0.4, -0.2) is 36.7 Å². The predicted octanol–water partition coefficient (Wildman–Crippen LogP) is 2.73. The van der Waals surface area contributed by atoms with Crippen LogP contribution in [0.3, 0.4) is 0 Å². The standard InChI is InChI=1S/C23H20N2O4/c1-3-12-29-22(26)15-10-8-14(9-11-15)20-21-17(13-19(25-20)23(27)28-2)16-6-4-5-7-18(16)24-21/h1,4-11,19-20,24-25H,12-13H2,2H3/t19-,20?/m0/s1. The van der Waals surface area contributed by atoms with Crippen LogP contribution in [0.1, 0.15) is 33.2 Å². The highest BCUT2D eigenvalue weighted by molar-refractivity contribution is 5.90. The summed E-state index contributed by atoms with van der Waals surface area (Å²) in [5.74, 6) is 1.50. The lowest BCUT2D eigenvalue weighted by molar-refractivity contribution is -0.143. The molecule has 4 rings (SSSR count). The summed E-state index contributed by atoms with van der Waals surface area (Å²) in [5, 5.41) is 4.47. The van der Waals surface area contributed by atoms with Crippen molar-refractivity contribution in [3.8, 4) is 12.3 Å². The van der Waals surface area contributed by atoms with E-state index in [-0.39, 0.29) is 18.6 Å². The number of carbonyl (C=O) groups is 2. The van der Waals surface area contributed by atoms with Crippen molar-refractivity contribution in [2.24, 2.45) is 0 Å². The quantitative estimate of drug-likeness (QED) is 0.531. The van der Waals surface area contributed by atoms with E-state index >= 15 is 0 Å². The number of rotatable bonds is 4. The van der Waals surface area contributed by atoms with Crippen LogP contribution in [0, 0.1) is 12.3 Å². The third kappa shape index (κ3) is 3.48. The van der Waals surface area contributed by atoms with Crippen LogP contribution in [0.25, 0.3) is 10.9 Å². The van der Waals surface area contributed by atoms with E-state index in [2.05, 4.69) is 16.2 Å². The highest BCUT2D eigenvalue weighted by Crippen LogP contribution is 2.35. The van der Waals surface area contributed by atoms with Gasteiger partial charge in [0, 0.05) is 23.0 Å². The molecule has 0 fully saturated rings. The van der Waals surface area contributed by atoms with Crippen molar-refractivity contribution < 1.29 is 19.1 Å². The number of ether oxygens (including phenoxy) is 2. The lowest BCUT2D eigenvalue weighted by Gasteiger charge is -2.30. The molecular formula is C23H20N2O4. The molecule has 3 aromatic rings. The molecule has 1 aliphatic rings. The number of terminal acetylenes is 1. The summed E-state index contributed by atoms with van der Waals surface area (Å²) in [6, 6.07) is 14.4. The molecule has 0 aliphatic carbocycles. The van der Waals surface area contributed by atoms with Gasteiger partial charge in [-0.3, -0.25) is 10.1 Å². The van der Waals surface area contributed by atoms with E-state index in [1.54, 1.807) is 12.1 Å². The van der Waals surface area contributed by atoms with Gasteiger partial charge in [-0.05, 0) is 29.3 Å². The summed E-state index contributed by atoms with van der Waals surface area (Å²) in [5.41, 5.74) is 4.46. The second kappa shape index (κ2) is 7.82. The van der Waals surface area contributed by atoms with E-state index in [1.165, 1.54) is 7.11 Å². The normalized spacial score (nSPS) is 17.9. The van der Waals surface area contributed by atoms with Gasteiger partial charge in [-0.1, -0.05) is 36.3 Å². The number of H-pyrrole nitrogens is 1. The molecule has 2 N–H and O–H groups in total. The number of esters is 2. The fraction of sp³-hybridized carbons (Fsp3) is 0.217. The Kier molecular flexibility index (Phi) is 5.07. The number of hydrogen-bond donors (Lipinski definition) is 2. The number of carbonyl (C=O) groups excluding carboxylic acids is 2. The number of fused-ring (bicyclic) bond motifs is 3. The van der Waals surface area contributed by atoms with E-state index in [0.717, 1.165) is 27.7 Å². The minimum Gasteiger partial charge on any atom is -0.468 e. The Morgan fingerprint density at radius 2 is 1.93 bits per heavy atom. The van der Waals surface area contributed by atoms with Gasteiger partial charge in [-0.15, -0.1) is 6.42 Å². The molecule has 6 heteroatoms. The number of nitrogens with one attached hydrogen (secondary N) is 2. The Hall–Kier alpha value is -3.56. The molecule has 0 saturated carbocycles. The fourth-order valence-corrected chi connectivity index (χ4v) is 3.79. The van der Waals surface area contributed by atoms with Crippen LogP contribution in [0.2, 0.25) is 0 Å². The molecule has 0 spiro atoms. The summed E-state index contributed by atoms with van der Waals surface area (Å²) in [7, 11) is 1.39. The van der Waals surface area contributed by atoms with Crippen LogP contribution in [0.4, 0.5) is 0 Å². The molecule has 1 aromatic heterocycles. The van der Waals surface area contributed by atoms with E-state index in [4.69, 9.17) is 15.9 Å². The topological polar surface area (TPSA) is 80.4 Å². The van der Waals surface area contributed by atoms with E-state index in [9.17, 15) is 9.59 Å². The average Bonchev–Trinajstić information content (AvgIpc) is 3.15. The maximum atomic E-state index is 12.3. The van der Waals surface area contributed by atoms with Crippen molar-refractivity contribution in [1.82, 2.24) is 10.3 Å². The van der Waals surface area contributed by atoms with E-state index in [1.807, 2.05) is 36.4 Å². The van der Waals surface area contributed by atoms with Crippen molar-refractivity contribution in [3.05, 3.63) is 70.9 Å². The largest absolute Gasteiger partial charge is 0.468 e. The van der Waals surface area contributed by atoms with Crippen molar-refractivity contribution in [1.29, 1.82) is 0 Å². The first-order chi connectivity index (χ1) is 14.1. The molecule has 2 aromatic carbocycles. The Morgan fingerprint density at radius 3 is 2.66 bits per heavy atom. The lowest BCUT2D eigenvalue weighted by atomic mass is 9.90. The number of methoxy groups -OCH3 is 1. The Labute approximate surface area is 168 Å². The molecule has 0 amide bonds. The molecule has 0 radical (unpaired) electrons. The van der Waals surface area contributed by atoms with Gasteiger partial charge < -0.3 is 14.5 Å². The molecule has 6 nitrogen and oxygen atoms in total. The van der Waals surface area contributed by atoms with Gasteiger partial charge in [-0.2, -0.15) is 0 Å². The van der Waals surface area contributed by atoms with Gasteiger partial charge in [0.15, 0.2) is 6.61 Å². The molecule has 0 saturated heterocycles. The van der Waals surface area contributed by atoms with Crippen molar-refractivity contribution >= 4 is 22.8 Å². The maximum Gasteiger partial charge on any atom is 0.339 e. The smallest absolute Gasteiger partial charge is 0.339 e. The van der Waals surface area contributed by atoms with Gasteiger partial charge in [0.2, 0.25) is 0 Å². The first-order valence-electron chi connectivity index (χ1n) is 9.26. The van der Waals surface area contributed by atoms with E-state index in [0.29, 0.717) is 12.0 Å². The van der Waals surface area contributed by atoms with Crippen LogP contribution in [-0.2, 0) is 20.7 Å². The summed E-state index contributed by atoms with van der Waals surface area (Å²) in [6.07, 6.45) is 5.67. The van der Waals surface area contributed by atoms with Gasteiger partial charge in [-0.25, -0.2) is 4.79 Å². The average molecular weight is 388 g/mol. The SMILES string of the molecule is C#CCOC(=O)c1ccc(C2N[C@H](C(=O)OC)Cc3c2[nH]c2ccccc32)cc1. The summed E-state index contributed by atoms with van der Waals surface area (Å²) in [6.45, 7) is -0.0655. The monoisotopic (exact) mass is 388 g/mol. The van der Waals surface area contributed by atoms with Gasteiger partial charge in [0.1, 0.15) is 6.04 Å². The highest BCUT2D eigenvalue weighted by Gasteiger charge is 2.34. The molecule has 29 heavy (non-hydrogen) atoms. The third-order valence-corrected chi connectivity index (χ3v) is 5.16. The first kappa shape index (κ1) is 18.8. The summed E-state index contributed by atoms with van der Waals surface area (Å²) in [4.78, 5) is 27.7. The third-order valence-electron chi connectivity index (χ3n) is 5.16. The number of hydrogen-bond acceptors (Lipinski definition) is 5. The number of para-hydroxylation sites is 1. The fourth-order valence-electron chi connectivity index (χ4n) is 3.79. The zero-order valence-electron chi connectivity index (χ0n) is 15.9. The summed E-state index contributed by atoms with van der Waals surface area (Å²) < 4.78 is 9.94. The number of aromatic amines is 1. The molecule has 1 aliphatic heterocycles. The zero-order chi connectivity index (χ0) is 20.4. The van der Waals surface area contributed by atoms with Crippen LogP contribution in [0.5, 0.6) is 0 Å². The van der Waals surface area contributed by atoms with Gasteiger partial charge in [0.05, 0.1) is 18.7 Å². The molecule has 1 unspecified atom stereocenters. The maximum absolute atomic E-state index is 12.3. The van der Waals surface area contributed by atoms with Crippen LogP contribution >= 0.6 is 0 Å². The van der Waals surface area contributed by atoms with Crippen molar-refractivity contribution in [2.75, 3.05) is 13.7 Å². The molecule has 0 bridgehead atoms. The number of aromatic nitrogens is 1. The van der Waals surface area contributed by atoms with Crippen LogP contribution < -0.4 is 5.32 Å². The van der Waals surface area contributed by atoms with Gasteiger partial charge in [0.25, 0.3) is 0 Å². The Balaban J connectivity index is 1.72. The second-order valence-electron chi connectivity index (χ2n) is 6.84.